The Morgan fingerprint density at radius 3 is 2.30 bits per heavy atom. The molecule has 0 heterocycles. The lowest BCUT2D eigenvalue weighted by atomic mass is 10.1. The van der Waals surface area contributed by atoms with E-state index in [1.165, 1.54) is 6.21 Å². The van der Waals surface area contributed by atoms with Crippen LogP contribution in [-0.2, 0) is 6.42 Å². The zero-order valence-corrected chi connectivity index (χ0v) is 11.1. The highest BCUT2D eigenvalue weighted by Crippen LogP contribution is 2.05. The van der Waals surface area contributed by atoms with Crippen molar-refractivity contribution in [3.63, 3.8) is 0 Å². The second kappa shape index (κ2) is 7.06. The maximum Gasteiger partial charge on any atom is 0.203 e. The number of carbonyl (C=O) groups excluding carboxylic acids is 1. The summed E-state index contributed by atoms with van der Waals surface area (Å²) in [7, 11) is 0. The van der Waals surface area contributed by atoms with Crippen LogP contribution in [0.25, 0.3) is 0 Å². The molecule has 0 radical (unpaired) electrons. The summed E-state index contributed by atoms with van der Waals surface area (Å²) < 4.78 is 0. The molecule has 0 unspecified atom stereocenters. The first-order valence-corrected chi connectivity index (χ1v) is 6.42. The highest BCUT2D eigenvalue weighted by molar-refractivity contribution is 6.35. The molecular formula is C18H15NO. The maximum absolute atomic E-state index is 11.9. The maximum atomic E-state index is 11.9. The molecule has 2 nitrogen and oxygen atoms in total. The van der Waals surface area contributed by atoms with Gasteiger partial charge in [-0.2, -0.15) is 0 Å². The molecule has 0 aliphatic carbocycles. The molecule has 98 valence electrons. The van der Waals surface area contributed by atoms with Crippen molar-refractivity contribution in [2.75, 3.05) is 0 Å². The highest BCUT2D eigenvalue weighted by Gasteiger charge is 2.05. The molecule has 20 heavy (non-hydrogen) atoms. The summed E-state index contributed by atoms with van der Waals surface area (Å²) >= 11 is 0. The van der Waals surface area contributed by atoms with E-state index < -0.39 is 0 Å². The van der Waals surface area contributed by atoms with Crippen LogP contribution in [0.3, 0.4) is 0 Å². The van der Waals surface area contributed by atoms with Gasteiger partial charge in [-0.25, -0.2) is 0 Å². The normalized spacial score (nSPS) is 11.9. The van der Waals surface area contributed by atoms with Crippen molar-refractivity contribution in [1.29, 1.82) is 0 Å². The van der Waals surface area contributed by atoms with E-state index in [1.54, 1.807) is 12.1 Å². The average molecular weight is 261 g/mol. The second-order valence-corrected chi connectivity index (χ2v) is 4.38. The smallest absolute Gasteiger partial charge is 0.203 e. The van der Waals surface area contributed by atoms with Crippen LogP contribution in [0.5, 0.6) is 0 Å². The minimum atomic E-state index is -0.315. The van der Waals surface area contributed by atoms with Crippen molar-refractivity contribution in [2.45, 2.75) is 12.5 Å². The Bertz CT molecular complexity index is 623. The minimum Gasteiger partial charge on any atom is -0.288 e. The zero-order chi connectivity index (χ0) is 14.2. The SMILES string of the molecule is C#C[C@H](Cc1ccccc1)N=CC(=O)c1ccccc1. The first kappa shape index (κ1) is 13.8. The van der Waals surface area contributed by atoms with Gasteiger partial charge in [0.05, 0.1) is 6.21 Å². The number of benzene rings is 2. The quantitative estimate of drug-likeness (QED) is 0.462. The van der Waals surface area contributed by atoms with Crippen molar-refractivity contribution in [3.05, 3.63) is 71.8 Å². The molecule has 1 atom stereocenters. The van der Waals surface area contributed by atoms with Crippen LogP contribution in [0.4, 0.5) is 0 Å². The molecule has 0 aromatic heterocycles. The summed E-state index contributed by atoms with van der Waals surface area (Å²) in [5.74, 6) is 2.48. The minimum absolute atomic E-state index is 0.126. The molecule has 0 bridgehead atoms. The van der Waals surface area contributed by atoms with E-state index in [0.717, 1.165) is 5.56 Å². The number of rotatable bonds is 5. The van der Waals surface area contributed by atoms with E-state index in [0.29, 0.717) is 12.0 Å². The first-order valence-electron chi connectivity index (χ1n) is 6.42. The molecule has 2 heteroatoms. The van der Waals surface area contributed by atoms with E-state index in [-0.39, 0.29) is 11.8 Å². The fourth-order valence-electron chi connectivity index (χ4n) is 1.83. The molecule has 0 aliphatic rings. The van der Waals surface area contributed by atoms with Crippen LogP contribution < -0.4 is 0 Å². The van der Waals surface area contributed by atoms with E-state index in [9.17, 15) is 4.79 Å². The molecule has 0 saturated heterocycles. The Balaban J connectivity index is 2.02. The van der Waals surface area contributed by atoms with Crippen LogP contribution in [0.15, 0.2) is 65.7 Å². The fourth-order valence-corrected chi connectivity index (χ4v) is 1.83. The Morgan fingerprint density at radius 2 is 1.70 bits per heavy atom. The second-order valence-electron chi connectivity index (χ2n) is 4.38. The Labute approximate surface area is 119 Å². The van der Waals surface area contributed by atoms with Crippen LogP contribution in [0, 0.1) is 12.3 Å². The number of carbonyl (C=O) groups is 1. The number of aliphatic imine (C=N–C) groups is 1. The van der Waals surface area contributed by atoms with E-state index in [2.05, 4.69) is 10.9 Å². The summed E-state index contributed by atoms with van der Waals surface area (Å²) in [6, 6.07) is 18.6. The summed E-state index contributed by atoms with van der Waals surface area (Å²) in [4.78, 5) is 16.1. The van der Waals surface area contributed by atoms with Gasteiger partial charge in [0.2, 0.25) is 5.78 Å². The van der Waals surface area contributed by atoms with Crippen molar-refractivity contribution in [1.82, 2.24) is 0 Å². The van der Waals surface area contributed by atoms with Crippen LogP contribution in [0.2, 0.25) is 0 Å². The van der Waals surface area contributed by atoms with Gasteiger partial charge >= 0.3 is 0 Å². The number of hydrogen-bond donors (Lipinski definition) is 0. The van der Waals surface area contributed by atoms with Gasteiger partial charge in [0.1, 0.15) is 6.04 Å². The van der Waals surface area contributed by atoms with E-state index >= 15 is 0 Å². The summed E-state index contributed by atoms with van der Waals surface area (Å²) in [6.07, 6.45) is 7.43. The summed E-state index contributed by atoms with van der Waals surface area (Å²) in [6.45, 7) is 0. The van der Waals surface area contributed by atoms with Crippen LogP contribution >= 0.6 is 0 Å². The molecule has 0 spiro atoms. The Hall–Kier alpha value is -2.66. The summed E-state index contributed by atoms with van der Waals surface area (Å²) in [5, 5.41) is 0. The Morgan fingerprint density at radius 1 is 1.10 bits per heavy atom. The number of nitrogens with zero attached hydrogens (tertiary/aromatic N) is 1. The van der Waals surface area contributed by atoms with Gasteiger partial charge in [0, 0.05) is 12.0 Å². The first-order chi connectivity index (χ1) is 9.79. The third-order valence-electron chi connectivity index (χ3n) is 2.89. The molecule has 0 N–H and O–H groups in total. The van der Waals surface area contributed by atoms with Gasteiger partial charge in [0.25, 0.3) is 0 Å². The zero-order valence-electron chi connectivity index (χ0n) is 11.1. The molecule has 2 rings (SSSR count). The Kier molecular flexibility index (Phi) is 4.86. The van der Waals surface area contributed by atoms with Crippen LogP contribution in [-0.4, -0.2) is 18.0 Å². The monoisotopic (exact) mass is 261 g/mol. The number of terminal acetylenes is 1. The average Bonchev–Trinajstić information content (AvgIpc) is 2.53. The number of ketones is 1. The molecule has 0 fully saturated rings. The topological polar surface area (TPSA) is 29.4 Å². The van der Waals surface area contributed by atoms with E-state index in [4.69, 9.17) is 6.42 Å². The molecular weight excluding hydrogens is 246 g/mol. The van der Waals surface area contributed by atoms with E-state index in [1.807, 2.05) is 48.5 Å². The van der Waals surface area contributed by atoms with Crippen molar-refractivity contribution in [3.8, 4) is 12.3 Å². The van der Waals surface area contributed by atoms with Gasteiger partial charge in [-0.1, -0.05) is 66.6 Å². The largest absolute Gasteiger partial charge is 0.288 e. The standard InChI is InChI=1S/C18H15NO/c1-2-17(13-15-9-5-3-6-10-15)19-14-18(20)16-11-7-4-8-12-16/h1,3-12,14,17H,13H2/t17-/m1/s1. The predicted molar refractivity (Wildman–Crippen MR) is 82.0 cm³/mol. The number of Topliss-reactive ketones (excluding diaryl/α,β-unsaturated/α-hetero) is 1. The molecule has 0 amide bonds. The fraction of sp³-hybridized carbons (Fsp3) is 0.111. The van der Waals surface area contributed by atoms with Gasteiger partial charge in [-0.05, 0) is 5.56 Å². The predicted octanol–water partition coefficient (Wildman–Crippen LogP) is 3.18. The third kappa shape index (κ3) is 3.93. The molecule has 0 aliphatic heterocycles. The van der Waals surface area contributed by atoms with Crippen LogP contribution in [0.1, 0.15) is 15.9 Å². The molecule has 2 aromatic rings. The van der Waals surface area contributed by atoms with Gasteiger partial charge < -0.3 is 0 Å². The lowest BCUT2D eigenvalue weighted by molar-refractivity contribution is 0.107. The molecule has 2 aromatic carbocycles. The van der Waals surface area contributed by atoms with Crippen molar-refractivity contribution >= 4 is 12.0 Å². The van der Waals surface area contributed by atoms with Crippen molar-refractivity contribution < 1.29 is 4.79 Å². The van der Waals surface area contributed by atoms with Gasteiger partial charge in [0.15, 0.2) is 0 Å². The third-order valence-corrected chi connectivity index (χ3v) is 2.89. The van der Waals surface area contributed by atoms with Gasteiger partial charge in [-0.15, -0.1) is 6.42 Å². The lowest BCUT2D eigenvalue weighted by Crippen LogP contribution is -2.09. The lowest BCUT2D eigenvalue weighted by Gasteiger charge is -2.05. The molecule has 0 saturated carbocycles. The number of hydrogen-bond acceptors (Lipinski definition) is 2. The van der Waals surface area contributed by atoms with Gasteiger partial charge in [-0.3, -0.25) is 9.79 Å². The summed E-state index contributed by atoms with van der Waals surface area (Å²) in [5.41, 5.74) is 1.73. The highest BCUT2D eigenvalue weighted by atomic mass is 16.1. The van der Waals surface area contributed by atoms with Crippen molar-refractivity contribution in [2.24, 2.45) is 4.99 Å².